The molecular weight excluding hydrogens is 274 g/mol. The summed E-state index contributed by atoms with van der Waals surface area (Å²) < 4.78 is 16.2. The minimum atomic E-state index is -0.0452. The fourth-order valence-electron chi connectivity index (χ4n) is 3.18. The van der Waals surface area contributed by atoms with Gasteiger partial charge in [0.1, 0.15) is 6.42 Å². The molecule has 2 atom stereocenters. The van der Waals surface area contributed by atoms with Crippen molar-refractivity contribution in [3.63, 3.8) is 0 Å². The summed E-state index contributed by atoms with van der Waals surface area (Å²) in [6.45, 7) is 7.84. The molecule has 7 heteroatoms. The highest BCUT2D eigenvalue weighted by Gasteiger charge is 2.51. The van der Waals surface area contributed by atoms with E-state index in [1.54, 1.807) is 6.92 Å². The van der Waals surface area contributed by atoms with E-state index in [0.717, 1.165) is 6.54 Å². The standard InChI is InChI=1S/C14H21N3O4/c1-3-19-8-14-7-17(5-11(14)6-20-9-14)13(18)4-12-15-10(2)16-21-12/h11H,3-9H2,1-2H3/t11-,14-/m1/s1. The van der Waals surface area contributed by atoms with Gasteiger partial charge in [-0.15, -0.1) is 0 Å². The van der Waals surface area contributed by atoms with E-state index in [1.807, 2.05) is 11.8 Å². The first-order chi connectivity index (χ1) is 10.1. The normalized spacial score (nSPS) is 28.1. The Morgan fingerprint density at radius 3 is 3.14 bits per heavy atom. The molecule has 1 aromatic heterocycles. The highest BCUT2D eigenvalue weighted by Crippen LogP contribution is 2.41. The van der Waals surface area contributed by atoms with Crippen LogP contribution in [-0.4, -0.2) is 60.5 Å². The van der Waals surface area contributed by atoms with Crippen LogP contribution < -0.4 is 0 Å². The molecule has 0 aromatic carbocycles. The molecule has 1 aromatic rings. The summed E-state index contributed by atoms with van der Waals surface area (Å²) in [4.78, 5) is 18.4. The van der Waals surface area contributed by atoms with Gasteiger partial charge in [-0.05, 0) is 13.8 Å². The monoisotopic (exact) mass is 295 g/mol. The van der Waals surface area contributed by atoms with Crippen LogP contribution in [0.1, 0.15) is 18.6 Å². The second-order valence-corrected chi connectivity index (χ2v) is 5.90. The second kappa shape index (κ2) is 5.73. The summed E-state index contributed by atoms with van der Waals surface area (Å²) in [5, 5.41) is 3.71. The molecule has 0 radical (unpaired) electrons. The van der Waals surface area contributed by atoms with Crippen molar-refractivity contribution in [3.8, 4) is 0 Å². The number of hydrogen-bond acceptors (Lipinski definition) is 6. The molecule has 1 amide bonds. The Kier molecular flexibility index (Phi) is 3.95. The minimum absolute atomic E-state index is 0.0314. The first-order valence-electron chi connectivity index (χ1n) is 7.35. The molecule has 7 nitrogen and oxygen atoms in total. The Balaban J connectivity index is 1.64. The number of carbonyl (C=O) groups is 1. The van der Waals surface area contributed by atoms with Gasteiger partial charge in [0.15, 0.2) is 5.82 Å². The zero-order valence-electron chi connectivity index (χ0n) is 12.5. The van der Waals surface area contributed by atoms with E-state index in [2.05, 4.69) is 10.1 Å². The van der Waals surface area contributed by atoms with Crippen LogP contribution in [0.15, 0.2) is 4.52 Å². The van der Waals surface area contributed by atoms with Crippen LogP contribution in [0, 0.1) is 18.3 Å². The Morgan fingerprint density at radius 1 is 1.57 bits per heavy atom. The van der Waals surface area contributed by atoms with E-state index in [1.165, 1.54) is 0 Å². The Labute approximate surface area is 123 Å². The maximum Gasteiger partial charge on any atom is 0.236 e. The van der Waals surface area contributed by atoms with Crippen LogP contribution in [0.2, 0.25) is 0 Å². The van der Waals surface area contributed by atoms with E-state index >= 15 is 0 Å². The number of rotatable bonds is 5. The van der Waals surface area contributed by atoms with Crippen molar-refractivity contribution in [1.29, 1.82) is 0 Å². The third-order valence-corrected chi connectivity index (χ3v) is 4.34. The molecule has 0 bridgehead atoms. The molecule has 3 rings (SSSR count). The summed E-state index contributed by atoms with van der Waals surface area (Å²) in [5.41, 5.74) is -0.0452. The molecule has 2 aliphatic heterocycles. The smallest absolute Gasteiger partial charge is 0.236 e. The number of hydrogen-bond donors (Lipinski definition) is 0. The number of carbonyl (C=O) groups excluding carboxylic acids is 1. The quantitative estimate of drug-likeness (QED) is 0.784. The number of fused-ring (bicyclic) bond motifs is 1. The van der Waals surface area contributed by atoms with E-state index in [-0.39, 0.29) is 17.7 Å². The Bertz CT molecular complexity index is 518. The van der Waals surface area contributed by atoms with Gasteiger partial charge < -0.3 is 18.9 Å². The largest absolute Gasteiger partial charge is 0.381 e. The molecule has 0 saturated carbocycles. The van der Waals surface area contributed by atoms with Crippen LogP contribution in [0.5, 0.6) is 0 Å². The molecule has 2 aliphatic rings. The summed E-state index contributed by atoms with van der Waals surface area (Å²) in [6, 6.07) is 0. The van der Waals surface area contributed by atoms with Gasteiger partial charge in [0.2, 0.25) is 11.8 Å². The molecule has 2 fully saturated rings. The van der Waals surface area contributed by atoms with Gasteiger partial charge >= 0.3 is 0 Å². The van der Waals surface area contributed by atoms with Crippen molar-refractivity contribution in [3.05, 3.63) is 11.7 Å². The summed E-state index contributed by atoms with van der Waals surface area (Å²) >= 11 is 0. The number of aromatic nitrogens is 2. The summed E-state index contributed by atoms with van der Waals surface area (Å²) in [5.74, 6) is 1.32. The molecule has 0 N–H and O–H groups in total. The van der Waals surface area contributed by atoms with Crippen molar-refractivity contribution in [2.45, 2.75) is 20.3 Å². The third-order valence-electron chi connectivity index (χ3n) is 4.34. The zero-order chi connectivity index (χ0) is 14.9. The lowest BCUT2D eigenvalue weighted by Gasteiger charge is -2.26. The lowest BCUT2D eigenvalue weighted by molar-refractivity contribution is -0.130. The number of aryl methyl sites for hydroxylation is 1. The molecule has 21 heavy (non-hydrogen) atoms. The van der Waals surface area contributed by atoms with E-state index in [0.29, 0.717) is 50.6 Å². The zero-order valence-corrected chi connectivity index (χ0v) is 12.5. The SMILES string of the molecule is CCOC[C@]12COC[C@H]1CN(C(=O)Cc1nc(C)no1)C2. The van der Waals surface area contributed by atoms with E-state index in [9.17, 15) is 4.79 Å². The molecule has 2 saturated heterocycles. The van der Waals surface area contributed by atoms with Crippen LogP contribution in [0.4, 0.5) is 0 Å². The molecule has 0 unspecified atom stereocenters. The Hall–Kier alpha value is -1.47. The molecule has 0 aliphatic carbocycles. The van der Waals surface area contributed by atoms with Crippen molar-refractivity contribution in [2.75, 3.05) is 39.5 Å². The van der Waals surface area contributed by atoms with Gasteiger partial charge in [-0.25, -0.2) is 0 Å². The number of likely N-dealkylation sites (tertiary alicyclic amines) is 1. The van der Waals surface area contributed by atoms with Gasteiger partial charge in [-0.3, -0.25) is 4.79 Å². The van der Waals surface area contributed by atoms with Crippen LogP contribution in [0.25, 0.3) is 0 Å². The Morgan fingerprint density at radius 2 is 2.43 bits per heavy atom. The molecular formula is C14H21N3O4. The average Bonchev–Trinajstić information content (AvgIpc) is 3.10. The van der Waals surface area contributed by atoms with E-state index in [4.69, 9.17) is 14.0 Å². The predicted octanol–water partition coefficient (Wildman–Crippen LogP) is 0.432. The number of ether oxygens (including phenoxy) is 2. The lowest BCUT2D eigenvalue weighted by atomic mass is 9.82. The maximum absolute atomic E-state index is 12.4. The number of nitrogens with zero attached hydrogens (tertiary/aromatic N) is 3. The fraction of sp³-hybridized carbons (Fsp3) is 0.786. The van der Waals surface area contributed by atoms with Crippen molar-refractivity contribution >= 4 is 5.91 Å². The fourth-order valence-corrected chi connectivity index (χ4v) is 3.18. The molecule has 0 spiro atoms. The second-order valence-electron chi connectivity index (χ2n) is 5.90. The van der Waals surface area contributed by atoms with Gasteiger partial charge in [0.05, 0.1) is 19.8 Å². The van der Waals surface area contributed by atoms with Crippen molar-refractivity contribution in [1.82, 2.24) is 15.0 Å². The summed E-state index contributed by atoms with van der Waals surface area (Å²) in [7, 11) is 0. The first-order valence-corrected chi connectivity index (χ1v) is 7.35. The number of amides is 1. The lowest BCUT2D eigenvalue weighted by Crippen LogP contribution is -2.37. The molecule has 116 valence electrons. The summed E-state index contributed by atoms with van der Waals surface area (Å²) in [6.07, 6.45) is 0.166. The molecule has 3 heterocycles. The van der Waals surface area contributed by atoms with E-state index < -0.39 is 0 Å². The highest BCUT2D eigenvalue weighted by molar-refractivity contribution is 5.78. The van der Waals surface area contributed by atoms with Gasteiger partial charge in [-0.1, -0.05) is 5.16 Å². The van der Waals surface area contributed by atoms with Crippen LogP contribution >= 0.6 is 0 Å². The van der Waals surface area contributed by atoms with Gasteiger partial charge in [-0.2, -0.15) is 4.98 Å². The first kappa shape index (κ1) is 14.5. The van der Waals surface area contributed by atoms with Crippen LogP contribution in [0.3, 0.4) is 0 Å². The predicted molar refractivity (Wildman–Crippen MR) is 72.6 cm³/mol. The minimum Gasteiger partial charge on any atom is -0.381 e. The van der Waals surface area contributed by atoms with Crippen LogP contribution in [-0.2, 0) is 20.7 Å². The van der Waals surface area contributed by atoms with Crippen molar-refractivity contribution in [2.24, 2.45) is 11.3 Å². The van der Waals surface area contributed by atoms with Gasteiger partial charge in [0, 0.05) is 31.0 Å². The van der Waals surface area contributed by atoms with Gasteiger partial charge in [0.25, 0.3) is 0 Å². The topological polar surface area (TPSA) is 77.7 Å². The maximum atomic E-state index is 12.4. The average molecular weight is 295 g/mol. The third kappa shape index (κ3) is 2.80. The van der Waals surface area contributed by atoms with Crippen molar-refractivity contribution < 1.29 is 18.8 Å². The highest BCUT2D eigenvalue weighted by atomic mass is 16.5.